The Hall–Kier alpha value is -3.61. The van der Waals surface area contributed by atoms with Crippen LogP contribution >= 0.6 is 0 Å². The summed E-state index contributed by atoms with van der Waals surface area (Å²) in [5, 5.41) is 2.71. The van der Waals surface area contributed by atoms with Gasteiger partial charge < -0.3 is 19.5 Å². The monoisotopic (exact) mass is 413 g/mol. The molecule has 0 aliphatic rings. The zero-order chi connectivity index (χ0) is 21.5. The quantitative estimate of drug-likeness (QED) is 0.545. The molecule has 0 atom stereocenters. The summed E-state index contributed by atoms with van der Waals surface area (Å²) >= 11 is 0. The van der Waals surface area contributed by atoms with E-state index in [4.69, 9.17) is 9.47 Å². The SMILES string of the molecule is COc1ccc(-c2cc(NC(=O)COc3ccc(C)cc3)ccc2OC(F)F)cc1. The van der Waals surface area contributed by atoms with Crippen molar-refractivity contribution in [1.82, 2.24) is 0 Å². The number of anilines is 1. The molecular weight excluding hydrogens is 392 g/mol. The van der Waals surface area contributed by atoms with Gasteiger partial charge in [-0.05, 0) is 55.0 Å². The van der Waals surface area contributed by atoms with Gasteiger partial charge in [-0.2, -0.15) is 8.78 Å². The van der Waals surface area contributed by atoms with Crippen LogP contribution in [0.3, 0.4) is 0 Å². The van der Waals surface area contributed by atoms with Crippen molar-refractivity contribution in [2.75, 3.05) is 19.0 Å². The largest absolute Gasteiger partial charge is 0.497 e. The second-order valence-corrected chi connectivity index (χ2v) is 6.47. The first-order chi connectivity index (χ1) is 14.4. The van der Waals surface area contributed by atoms with Crippen LogP contribution in [0.2, 0.25) is 0 Å². The summed E-state index contributed by atoms with van der Waals surface area (Å²) in [4.78, 5) is 12.2. The average molecular weight is 413 g/mol. The first-order valence-electron chi connectivity index (χ1n) is 9.17. The molecule has 3 aromatic carbocycles. The fourth-order valence-corrected chi connectivity index (χ4v) is 2.78. The third-order valence-electron chi connectivity index (χ3n) is 4.27. The molecule has 30 heavy (non-hydrogen) atoms. The predicted octanol–water partition coefficient (Wildman–Crippen LogP) is 5.29. The van der Waals surface area contributed by atoms with Crippen LogP contribution in [0.15, 0.2) is 66.7 Å². The number of nitrogens with one attached hydrogen (secondary N) is 1. The Morgan fingerprint density at radius 2 is 1.63 bits per heavy atom. The molecule has 3 aromatic rings. The van der Waals surface area contributed by atoms with E-state index in [0.717, 1.165) is 5.56 Å². The zero-order valence-corrected chi connectivity index (χ0v) is 16.5. The van der Waals surface area contributed by atoms with Gasteiger partial charge in [0, 0.05) is 11.3 Å². The lowest BCUT2D eigenvalue weighted by molar-refractivity contribution is -0.118. The molecule has 0 saturated heterocycles. The third kappa shape index (κ3) is 5.70. The van der Waals surface area contributed by atoms with Gasteiger partial charge in [-0.25, -0.2) is 0 Å². The van der Waals surface area contributed by atoms with Gasteiger partial charge in [0.1, 0.15) is 17.2 Å². The fraction of sp³-hybridized carbons (Fsp3) is 0.174. The van der Waals surface area contributed by atoms with E-state index in [-0.39, 0.29) is 18.3 Å². The van der Waals surface area contributed by atoms with Crippen LogP contribution in [0.1, 0.15) is 5.56 Å². The number of hydrogen-bond donors (Lipinski definition) is 1. The summed E-state index contributed by atoms with van der Waals surface area (Å²) in [5.74, 6) is 0.839. The van der Waals surface area contributed by atoms with Gasteiger partial charge in [0.15, 0.2) is 6.61 Å². The van der Waals surface area contributed by atoms with Gasteiger partial charge in [-0.15, -0.1) is 0 Å². The number of rotatable bonds is 8. The summed E-state index contributed by atoms with van der Waals surface area (Å²) in [6, 6.07) is 18.6. The minimum Gasteiger partial charge on any atom is -0.497 e. The Balaban J connectivity index is 1.75. The van der Waals surface area contributed by atoms with E-state index < -0.39 is 6.61 Å². The van der Waals surface area contributed by atoms with E-state index in [1.807, 2.05) is 19.1 Å². The smallest absolute Gasteiger partial charge is 0.387 e. The molecule has 1 amide bonds. The molecule has 5 nitrogen and oxygen atoms in total. The van der Waals surface area contributed by atoms with Crippen LogP contribution in [0.5, 0.6) is 17.2 Å². The molecule has 0 bridgehead atoms. The molecule has 0 unspecified atom stereocenters. The molecule has 0 aliphatic heterocycles. The summed E-state index contributed by atoms with van der Waals surface area (Å²) in [7, 11) is 1.54. The maximum atomic E-state index is 12.8. The minimum atomic E-state index is -2.97. The molecule has 0 fully saturated rings. The van der Waals surface area contributed by atoms with Gasteiger partial charge >= 0.3 is 6.61 Å². The molecule has 156 valence electrons. The van der Waals surface area contributed by atoms with Crippen LogP contribution in [0.25, 0.3) is 11.1 Å². The van der Waals surface area contributed by atoms with Crippen molar-refractivity contribution in [2.24, 2.45) is 0 Å². The number of benzene rings is 3. The van der Waals surface area contributed by atoms with E-state index in [1.165, 1.54) is 19.2 Å². The summed E-state index contributed by atoms with van der Waals surface area (Å²) < 4.78 is 40.8. The Labute approximate surface area is 173 Å². The van der Waals surface area contributed by atoms with Crippen molar-refractivity contribution < 1.29 is 27.8 Å². The van der Waals surface area contributed by atoms with Crippen molar-refractivity contribution in [2.45, 2.75) is 13.5 Å². The molecule has 0 heterocycles. The van der Waals surface area contributed by atoms with E-state index in [0.29, 0.717) is 28.3 Å². The number of alkyl halides is 2. The highest BCUT2D eigenvalue weighted by atomic mass is 19.3. The molecule has 1 N–H and O–H groups in total. The maximum Gasteiger partial charge on any atom is 0.387 e. The summed E-state index contributed by atoms with van der Waals surface area (Å²) in [6.07, 6.45) is 0. The molecule has 0 radical (unpaired) electrons. The third-order valence-corrected chi connectivity index (χ3v) is 4.27. The van der Waals surface area contributed by atoms with E-state index in [1.54, 1.807) is 42.5 Å². The Morgan fingerprint density at radius 1 is 0.967 bits per heavy atom. The highest BCUT2D eigenvalue weighted by Crippen LogP contribution is 2.34. The van der Waals surface area contributed by atoms with Crippen molar-refractivity contribution >= 4 is 11.6 Å². The zero-order valence-electron chi connectivity index (χ0n) is 16.5. The van der Waals surface area contributed by atoms with Crippen LogP contribution < -0.4 is 19.5 Å². The Morgan fingerprint density at radius 3 is 2.27 bits per heavy atom. The number of carbonyl (C=O) groups excluding carboxylic acids is 1. The van der Waals surface area contributed by atoms with Gasteiger partial charge in [-0.1, -0.05) is 29.8 Å². The summed E-state index contributed by atoms with van der Waals surface area (Å²) in [5.41, 5.74) is 2.57. The first kappa shape index (κ1) is 21.1. The van der Waals surface area contributed by atoms with Crippen molar-refractivity contribution in [3.8, 4) is 28.4 Å². The van der Waals surface area contributed by atoms with Crippen LogP contribution in [-0.2, 0) is 4.79 Å². The van der Waals surface area contributed by atoms with Crippen LogP contribution in [-0.4, -0.2) is 26.2 Å². The van der Waals surface area contributed by atoms with Gasteiger partial charge in [0.05, 0.1) is 7.11 Å². The number of ether oxygens (including phenoxy) is 3. The second kappa shape index (κ2) is 9.73. The highest BCUT2D eigenvalue weighted by molar-refractivity contribution is 5.93. The molecule has 7 heteroatoms. The van der Waals surface area contributed by atoms with E-state index >= 15 is 0 Å². The van der Waals surface area contributed by atoms with Crippen molar-refractivity contribution in [1.29, 1.82) is 0 Å². The van der Waals surface area contributed by atoms with E-state index in [9.17, 15) is 13.6 Å². The predicted molar refractivity (Wildman–Crippen MR) is 110 cm³/mol. The number of aryl methyl sites for hydroxylation is 1. The number of hydrogen-bond acceptors (Lipinski definition) is 4. The topological polar surface area (TPSA) is 56.8 Å². The molecule has 0 spiro atoms. The van der Waals surface area contributed by atoms with Gasteiger partial charge in [-0.3, -0.25) is 4.79 Å². The fourth-order valence-electron chi connectivity index (χ4n) is 2.78. The highest BCUT2D eigenvalue weighted by Gasteiger charge is 2.14. The first-order valence-corrected chi connectivity index (χ1v) is 9.17. The average Bonchev–Trinajstić information content (AvgIpc) is 2.74. The van der Waals surface area contributed by atoms with E-state index in [2.05, 4.69) is 10.1 Å². The minimum absolute atomic E-state index is 0.00377. The van der Waals surface area contributed by atoms with Crippen molar-refractivity contribution in [3.63, 3.8) is 0 Å². The maximum absolute atomic E-state index is 12.8. The van der Waals surface area contributed by atoms with Crippen molar-refractivity contribution in [3.05, 3.63) is 72.3 Å². The second-order valence-electron chi connectivity index (χ2n) is 6.47. The van der Waals surface area contributed by atoms with Gasteiger partial charge in [0.2, 0.25) is 0 Å². The van der Waals surface area contributed by atoms with Crippen LogP contribution in [0.4, 0.5) is 14.5 Å². The Bertz CT molecular complexity index is 989. The number of methoxy groups -OCH3 is 1. The lowest BCUT2D eigenvalue weighted by atomic mass is 10.0. The van der Waals surface area contributed by atoms with Crippen LogP contribution in [0, 0.1) is 6.92 Å². The Kier molecular flexibility index (Phi) is 6.85. The number of halogens is 2. The molecule has 0 saturated carbocycles. The molecule has 3 rings (SSSR count). The number of amides is 1. The van der Waals surface area contributed by atoms with Gasteiger partial charge in [0.25, 0.3) is 5.91 Å². The normalized spacial score (nSPS) is 10.6. The molecule has 0 aromatic heterocycles. The number of carbonyl (C=O) groups is 1. The summed E-state index contributed by atoms with van der Waals surface area (Å²) in [6.45, 7) is -1.19. The standard InChI is InChI=1S/C23H21F2NO4/c1-15-3-8-19(9-4-15)29-14-22(27)26-17-7-12-21(30-23(24)25)20(13-17)16-5-10-18(28-2)11-6-16/h3-13,23H,14H2,1-2H3,(H,26,27). The molecule has 0 aliphatic carbocycles. The lowest BCUT2D eigenvalue weighted by Gasteiger charge is -2.14. The lowest BCUT2D eigenvalue weighted by Crippen LogP contribution is -2.20. The molecular formula is C23H21F2NO4.